The summed E-state index contributed by atoms with van der Waals surface area (Å²) < 4.78 is 16.6. The van der Waals surface area contributed by atoms with Gasteiger partial charge in [0.05, 0.1) is 6.42 Å². The molecule has 0 saturated heterocycles. The molecule has 71 heavy (non-hydrogen) atoms. The van der Waals surface area contributed by atoms with Crippen LogP contribution in [0.2, 0.25) is 0 Å². The van der Waals surface area contributed by atoms with E-state index in [1.807, 2.05) is 18.2 Å². The molecule has 0 N–H and O–H groups in total. The van der Waals surface area contributed by atoms with Crippen molar-refractivity contribution in [3.8, 4) is 0 Å². The van der Waals surface area contributed by atoms with E-state index in [2.05, 4.69) is 179 Å². The third-order valence-electron chi connectivity index (χ3n) is 10.4. The van der Waals surface area contributed by atoms with Gasteiger partial charge in [-0.05, 0) is 122 Å². The molecule has 0 aliphatic carbocycles. The molecule has 0 amide bonds. The Bertz CT molecular complexity index is 1730. The lowest BCUT2D eigenvalue weighted by Crippen LogP contribution is -2.30. The van der Waals surface area contributed by atoms with E-state index < -0.39 is 18.0 Å². The Hall–Kier alpha value is -5.49. The average Bonchev–Trinajstić information content (AvgIpc) is 3.37. The molecule has 0 aliphatic heterocycles. The van der Waals surface area contributed by atoms with Crippen molar-refractivity contribution in [2.24, 2.45) is 0 Å². The summed E-state index contributed by atoms with van der Waals surface area (Å²) in [5.41, 5.74) is 0. The van der Waals surface area contributed by atoms with Gasteiger partial charge in [0.25, 0.3) is 0 Å². The van der Waals surface area contributed by atoms with Crippen molar-refractivity contribution >= 4 is 17.9 Å². The monoisotopic (exact) mass is 973 g/mol. The van der Waals surface area contributed by atoms with Crippen LogP contribution in [0, 0.1) is 0 Å². The Morgan fingerprint density at radius 3 is 0.972 bits per heavy atom. The Morgan fingerprint density at radius 1 is 0.296 bits per heavy atom. The van der Waals surface area contributed by atoms with Crippen molar-refractivity contribution < 1.29 is 28.6 Å². The molecular weight excluding hydrogens is 877 g/mol. The number of hydrogen-bond acceptors (Lipinski definition) is 6. The molecule has 6 nitrogen and oxygen atoms in total. The molecule has 0 spiro atoms. The van der Waals surface area contributed by atoms with Crippen LogP contribution >= 0.6 is 0 Å². The predicted octanol–water partition coefficient (Wildman–Crippen LogP) is 18.5. The molecule has 392 valence electrons. The lowest BCUT2D eigenvalue weighted by molar-refractivity contribution is -0.166. The molecule has 6 heteroatoms. The van der Waals surface area contributed by atoms with Crippen molar-refractivity contribution in [1.82, 2.24) is 0 Å². The number of ether oxygens (including phenoxy) is 3. The zero-order valence-electron chi connectivity index (χ0n) is 44.6. The molecule has 0 saturated carbocycles. The van der Waals surface area contributed by atoms with Gasteiger partial charge in [-0.15, -0.1) is 0 Å². The Balaban J connectivity index is 4.68. The van der Waals surface area contributed by atoms with Crippen LogP contribution in [0.25, 0.3) is 0 Å². The van der Waals surface area contributed by atoms with E-state index in [9.17, 15) is 14.4 Å². The van der Waals surface area contributed by atoms with Gasteiger partial charge < -0.3 is 14.2 Å². The number of esters is 3. The van der Waals surface area contributed by atoms with E-state index in [0.29, 0.717) is 12.8 Å². The van der Waals surface area contributed by atoms with Gasteiger partial charge in [0, 0.05) is 12.8 Å². The van der Waals surface area contributed by atoms with E-state index >= 15 is 0 Å². The maximum absolute atomic E-state index is 12.8. The van der Waals surface area contributed by atoms with Crippen molar-refractivity contribution in [3.05, 3.63) is 182 Å². The number of carbonyl (C=O) groups excluding carboxylic acids is 3. The largest absolute Gasteiger partial charge is 0.462 e. The minimum atomic E-state index is -0.868. The summed E-state index contributed by atoms with van der Waals surface area (Å²) in [4.78, 5) is 38.0. The van der Waals surface area contributed by atoms with Gasteiger partial charge in [0.2, 0.25) is 0 Å². The first-order valence-electron chi connectivity index (χ1n) is 27.3. The molecule has 0 bridgehead atoms. The van der Waals surface area contributed by atoms with Gasteiger partial charge in [-0.2, -0.15) is 0 Å². The maximum Gasteiger partial charge on any atom is 0.309 e. The molecule has 0 aliphatic rings. The summed E-state index contributed by atoms with van der Waals surface area (Å²) in [7, 11) is 0. The van der Waals surface area contributed by atoms with Crippen molar-refractivity contribution in [3.63, 3.8) is 0 Å². The summed E-state index contributed by atoms with van der Waals surface area (Å²) >= 11 is 0. The Labute approximate surface area is 434 Å². The molecule has 0 fully saturated rings. The van der Waals surface area contributed by atoms with E-state index in [1.165, 1.54) is 6.42 Å². The van der Waals surface area contributed by atoms with E-state index in [1.54, 1.807) is 6.08 Å². The van der Waals surface area contributed by atoms with Gasteiger partial charge >= 0.3 is 17.9 Å². The smallest absolute Gasteiger partial charge is 0.309 e. The maximum atomic E-state index is 12.8. The van der Waals surface area contributed by atoms with Crippen LogP contribution in [0.1, 0.15) is 188 Å². The fraction of sp³-hybridized carbons (Fsp3) is 0.492. The zero-order chi connectivity index (χ0) is 51.4. The third kappa shape index (κ3) is 55.3. The number of carbonyl (C=O) groups is 3. The zero-order valence-corrected chi connectivity index (χ0v) is 44.6. The number of allylic oxidation sites excluding steroid dienone is 29. The van der Waals surface area contributed by atoms with Crippen LogP contribution in [-0.4, -0.2) is 37.2 Å². The quantitative estimate of drug-likeness (QED) is 0.0262. The highest BCUT2D eigenvalue weighted by Gasteiger charge is 2.19. The molecule has 0 radical (unpaired) electrons. The van der Waals surface area contributed by atoms with Crippen LogP contribution in [-0.2, 0) is 28.6 Å². The van der Waals surface area contributed by atoms with Gasteiger partial charge in [-0.3, -0.25) is 14.4 Å². The molecule has 0 rings (SSSR count). The fourth-order valence-corrected chi connectivity index (χ4v) is 6.47. The summed E-state index contributed by atoms with van der Waals surface area (Å²) in [5, 5.41) is 0. The lowest BCUT2D eigenvalue weighted by atomic mass is 10.1. The second-order valence-corrected chi connectivity index (χ2v) is 17.0. The highest BCUT2D eigenvalue weighted by Crippen LogP contribution is 2.11. The topological polar surface area (TPSA) is 78.9 Å². The molecule has 0 aromatic heterocycles. The molecule has 1 unspecified atom stereocenters. The molecule has 0 aromatic rings. The molecule has 0 heterocycles. The number of rotatable bonds is 46. The number of unbranched alkanes of at least 4 members (excludes halogenated alkanes) is 6. The van der Waals surface area contributed by atoms with Gasteiger partial charge in [0.1, 0.15) is 13.2 Å². The average molecular weight is 973 g/mol. The summed E-state index contributed by atoms with van der Waals surface area (Å²) in [6.45, 7) is 6.10. The van der Waals surface area contributed by atoms with Gasteiger partial charge in [0.15, 0.2) is 6.10 Å². The Kier molecular flexibility index (Phi) is 52.7. The fourth-order valence-electron chi connectivity index (χ4n) is 6.47. The minimum Gasteiger partial charge on any atom is -0.462 e. The first-order valence-corrected chi connectivity index (χ1v) is 27.3. The minimum absolute atomic E-state index is 0.101. The Morgan fingerprint density at radius 2 is 0.592 bits per heavy atom. The molecular formula is C65H96O6. The van der Waals surface area contributed by atoms with Gasteiger partial charge in [-0.25, -0.2) is 0 Å². The standard InChI is InChI=1S/C65H96O6/c1-4-7-10-13-16-19-22-25-28-30-32-34-37-40-43-46-49-52-55-58-64(67)70-61-62(60-69-63(66)57-54-51-48-45-42-39-36-27-24-21-18-15-12-9-6-3)71-65(68)59-56-53-50-47-44-41-38-35-33-31-29-26-23-20-17-14-11-8-5-2/h7-12,16-21,25-29,32-36,40,42-43,45,49,51-52,54,62H,4-6,13-15,22-24,30-31,37-39,41,44,46-48,50,53,55-61H2,1-3H3/b10-7-,11-8-,12-9-,19-16-,20-17-,21-18-,28-25-,29-26-,34-32-,35-33-,36-27-,43-40-,45-42-,52-49-,54-51-. The third-order valence-corrected chi connectivity index (χ3v) is 10.4. The first-order chi connectivity index (χ1) is 35.0. The predicted molar refractivity (Wildman–Crippen MR) is 306 cm³/mol. The van der Waals surface area contributed by atoms with Crippen molar-refractivity contribution in [2.75, 3.05) is 13.2 Å². The highest BCUT2D eigenvalue weighted by molar-refractivity contribution is 5.72. The SMILES string of the molecule is CC/C=C\C/C=C\C/C=C\C/C=C\C/C=C\C/C=C\CCC(=O)OCC(COC(=O)C/C=C\C/C=C\C/C=C\C/C=C\C/C=C\CC)OC(=O)CCCCCCCC/C=C\C/C=C\C/C=C\C/C=C\CC. The first kappa shape index (κ1) is 65.5. The second-order valence-electron chi connectivity index (χ2n) is 17.0. The summed E-state index contributed by atoms with van der Waals surface area (Å²) in [5.74, 6) is -1.20. The number of hydrogen-bond donors (Lipinski definition) is 0. The van der Waals surface area contributed by atoms with E-state index in [0.717, 1.165) is 128 Å². The highest BCUT2D eigenvalue weighted by atomic mass is 16.6. The van der Waals surface area contributed by atoms with Crippen LogP contribution in [0.15, 0.2) is 182 Å². The van der Waals surface area contributed by atoms with E-state index in [4.69, 9.17) is 14.2 Å². The molecule has 1 atom stereocenters. The van der Waals surface area contributed by atoms with Crippen LogP contribution in [0.5, 0.6) is 0 Å². The van der Waals surface area contributed by atoms with Crippen LogP contribution < -0.4 is 0 Å². The second kappa shape index (κ2) is 57.1. The van der Waals surface area contributed by atoms with Crippen molar-refractivity contribution in [1.29, 1.82) is 0 Å². The van der Waals surface area contributed by atoms with Crippen molar-refractivity contribution in [2.45, 2.75) is 194 Å². The normalized spacial score (nSPS) is 13.6. The molecule has 0 aromatic carbocycles. The summed E-state index contributed by atoms with van der Waals surface area (Å²) in [6.07, 6.45) is 86.3. The van der Waals surface area contributed by atoms with Crippen LogP contribution in [0.3, 0.4) is 0 Å². The van der Waals surface area contributed by atoms with E-state index in [-0.39, 0.29) is 38.4 Å². The van der Waals surface area contributed by atoms with Crippen LogP contribution in [0.4, 0.5) is 0 Å². The van der Waals surface area contributed by atoms with Gasteiger partial charge in [-0.1, -0.05) is 229 Å². The summed E-state index contributed by atoms with van der Waals surface area (Å²) in [6, 6.07) is 0. The lowest BCUT2D eigenvalue weighted by Gasteiger charge is -2.18.